The van der Waals surface area contributed by atoms with E-state index in [1.165, 1.54) is 7.11 Å². The molecule has 0 saturated carbocycles. The molecule has 0 aromatic heterocycles. The molecular weight excluding hydrogens is 352 g/mol. The van der Waals surface area contributed by atoms with Crippen molar-refractivity contribution >= 4 is 23.2 Å². The van der Waals surface area contributed by atoms with E-state index in [0.717, 1.165) is 11.1 Å². The van der Waals surface area contributed by atoms with Gasteiger partial charge in [-0.2, -0.15) is 0 Å². The fraction of sp³-hybridized carbons (Fsp3) is 0.130. The molecular formula is C23H22N2O3. The van der Waals surface area contributed by atoms with Gasteiger partial charge in [0.05, 0.1) is 0 Å². The van der Waals surface area contributed by atoms with Gasteiger partial charge >= 0.3 is 0 Å². The first-order valence-electron chi connectivity index (χ1n) is 8.93. The zero-order valence-electron chi connectivity index (χ0n) is 15.8. The lowest BCUT2D eigenvalue weighted by molar-refractivity contribution is -0.126. The lowest BCUT2D eigenvalue weighted by atomic mass is 10.1. The minimum Gasteiger partial charge on any atom is -0.367 e. The largest absolute Gasteiger partial charge is 0.367 e. The zero-order valence-corrected chi connectivity index (χ0v) is 15.8. The van der Waals surface area contributed by atoms with Crippen LogP contribution >= 0.6 is 0 Å². The van der Waals surface area contributed by atoms with Gasteiger partial charge in [0, 0.05) is 24.0 Å². The second-order valence-electron chi connectivity index (χ2n) is 6.42. The Labute approximate surface area is 164 Å². The number of carbonyl (C=O) groups is 2. The lowest BCUT2D eigenvalue weighted by Crippen LogP contribution is -2.22. The molecule has 5 heteroatoms. The van der Waals surface area contributed by atoms with Crippen molar-refractivity contribution < 1.29 is 14.3 Å². The van der Waals surface area contributed by atoms with Crippen molar-refractivity contribution in [2.45, 2.75) is 13.0 Å². The van der Waals surface area contributed by atoms with Crippen molar-refractivity contribution in [3.05, 3.63) is 95.6 Å². The van der Waals surface area contributed by atoms with Gasteiger partial charge in [-0.3, -0.25) is 9.59 Å². The van der Waals surface area contributed by atoms with E-state index in [2.05, 4.69) is 10.6 Å². The molecule has 3 aromatic carbocycles. The smallest absolute Gasteiger partial charge is 0.258 e. The molecule has 0 saturated heterocycles. The maximum Gasteiger partial charge on any atom is 0.258 e. The number of ether oxygens (including phenoxy) is 1. The van der Waals surface area contributed by atoms with E-state index < -0.39 is 6.10 Å². The zero-order chi connectivity index (χ0) is 19.9. The van der Waals surface area contributed by atoms with E-state index in [-0.39, 0.29) is 11.8 Å². The number of benzene rings is 3. The topological polar surface area (TPSA) is 67.4 Å². The summed E-state index contributed by atoms with van der Waals surface area (Å²) < 4.78 is 5.35. The lowest BCUT2D eigenvalue weighted by Gasteiger charge is -2.16. The summed E-state index contributed by atoms with van der Waals surface area (Å²) in [5.74, 6) is -0.484. The van der Waals surface area contributed by atoms with E-state index in [1.807, 2.05) is 55.5 Å². The number of hydrogen-bond donors (Lipinski definition) is 2. The quantitative estimate of drug-likeness (QED) is 0.664. The molecule has 1 atom stereocenters. The van der Waals surface area contributed by atoms with Gasteiger partial charge in [-0.15, -0.1) is 0 Å². The normalized spacial score (nSPS) is 11.5. The van der Waals surface area contributed by atoms with Crippen LogP contribution in [0.15, 0.2) is 78.9 Å². The highest BCUT2D eigenvalue weighted by Crippen LogP contribution is 2.21. The van der Waals surface area contributed by atoms with Crippen LogP contribution in [0.4, 0.5) is 11.4 Å². The van der Waals surface area contributed by atoms with E-state index in [0.29, 0.717) is 16.9 Å². The molecule has 28 heavy (non-hydrogen) atoms. The van der Waals surface area contributed by atoms with Crippen LogP contribution in [0.25, 0.3) is 0 Å². The molecule has 0 aliphatic rings. The Hall–Kier alpha value is -3.44. The Morgan fingerprint density at radius 2 is 1.50 bits per heavy atom. The summed E-state index contributed by atoms with van der Waals surface area (Å²) in [6.07, 6.45) is -0.716. The number of carbonyl (C=O) groups excluding carboxylic acids is 2. The molecule has 0 bridgehead atoms. The molecule has 0 spiro atoms. The molecule has 0 fully saturated rings. The van der Waals surface area contributed by atoms with Crippen LogP contribution in [0.3, 0.4) is 0 Å². The van der Waals surface area contributed by atoms with E-state index in [1.54, 1.807) is 30.3 Å². The Kier molecular flexibility index (Phi) is 6.19. The first kappa shape index (κ1) is 19.3. The monoisotopic (exact) mass is 374 g/mol. The SMILES string of the molecule is CO[C@@H](C(=O)Nc1cccc(NC(=O)c2cccc(C)c2)c1)c1ccccc1. The van der Waals surface area contributed by atoms with Crippen molar-refractivity contribution in [2.75, 3.05) is 17.7 Å². The van der Waals surface area contributed by atoms with Gasteiger partial charge in [0.1, 0.15) is 0 Å². The number of hydrogen-bond acceptors (Lipinski definition) is 3. The summed E-state index contributed by atoms with van der Waals surface area (Å²) >= 11 is 0. The Morgan fingerprint density at radius 3 is 2.18 bits per heavy atom. The molecule has 0 aliphatic heterocycles. The van der Waals surface area contributed by atoms with Crippen molar-refractivity contribution in [3.8, 4) is 0 Å². The molecule has 3 aromatic rings. The summed E-state index contributed by atoms with van der Waals surface area (Å²) in [6.45, 7) is 1.94. The van der Waals surface area contributed by atoms with Gasteiger partial charge < -0.3 is 15.4 Å². The molecule has 0 unspecified atom stereocenters. The number of nitrogens with one attached hydrogen (secondary N) is 2. The second kappa shape index (κ2) is 8.97. The van der Waals surface area contributed by atoms with E-state index in [9.17, 15) is 9.59 Å². The number of amides is 2. The molecule has 2 N–H and O–H groups in total. The Balaban J connectivity index is 1.70. The highest BCUT2D eigenvalue weighted by molar-refractivity contribution is 6.05. The number of methoxy groups -OCH3 is 1. The van der Waals surface area contributed by atoms with Gasteiger partial charge in [0.15, 0.2) is 6.10 Å². The van der Waals surface area contributed by atoms with Crippen LogP contribution in [-0.2, 0) is 9.53 Å². The van der Waals surface area contributed by atoms with Gasteiger partial charge in [-0.05, 0) is 42.8 Å². The maximum absolute atomic E-state index is 12.6. The molecule has 5 nitrogen and oxygen atoms in total. The van der Waals surface area contributed by atoms with Crippen molar-refractivity contribution in [3.63, 3.8) is 0 Å². The second-order valence-corrected chi connectivity index (χ2v) is 6.42. The minimum absolute atomic E-state index is 0.203. The standard InChI is InChI=1S/C23H22N2O3/c1-16-8-6-11-18(14-16)22(26)24-19-12-7-13-20(15-19)25-23(27)21(28-2)17-9-4-3-5-10-17/h3-15,21H,1-2H3,(H,24,26)(H,25,27)/t21-/m1/s1. The van der Waals surface area contributed by atoms with Crippen molar-refractivity contribution in [2.24, 2.45) is 0 Å². The molecule has 0 aliphatic carbocycles. The van der Waals surface area contributed by atoms with E-state index in [4.69, 9.17) is 4.74 Å². The molecule has 2 amide bonds. The first-order chi connectivity index (χ1) is 13.6. The predicted molar refractivity (Wildman–Crippen MR) is 110 cm³/mol. The van der Waals surface area contributed by atoms with Gasteiger partial charge in [-0.25, -0.2) is 0 Å². The highest BCUT2D eigenvalue weighted by Gasteiger charge is 2.20. The maximum atomic E-state index is 12.6. The van der Waals surface area contributed by atoms with Crippen LogP contribution < -0.4 is 10.6 Å². The van der Waals surface area contributed by atoms with Crippen LogP contribution in [0.2, 0.25) is 0 Å². The van der Waals surface area contributed by atoms with Crippen molar-refractivity contribution in [1.29, 1.82) is 0 Å². The third kappa shape index (κ3) is 4.84. The third-order valence-corrected chi connectivity index (χ3v) is 4.24. The van der Waals surface area contributed by atoms with Gasteiger partial charge in [0.25, 0.3) is 11.8 Å². The fourth-order valence-corrected chi connectivity index (χ4v) is 2.89. The first-order valence-corrected chi connectivity index (χ1v) is 8.93. The highest BCUT2D eigenvalue weighted by atomic mass is 16.5. The summed E-state index contributed by atoms with van der Waals surface area (Å²) in [5, 5.41) is 5.69. The van der Waals surface area contributed by atoms with Crippen LogP contribution in [0, 0.1) is 6.92 Å². The van der Waals surface area contributed by atoms with Crippen LogP contribution in [0.5, 0.6) is 0 Å². The average molecular weight is 374 g/mol. The van der Waals surface area contributed by atoms with E-state index >= 15 is 0 Å². The number of anilines is 2. The summed E-state index contributed by atoms with van der Waals surface area (Å²) in [5.41, 5.74) is 3.53. The van der Waals surface area contributed by atoms with Gasteiger partial charge in [0.2, 0.25) is 0 Å². The predicted octanol–water partition coefficient (Wildman–Crippen LogP) is 4.57. The van der Waals surface area contributed by atoms with Crippen LogP contribution in [-0.4, -0.2) is 18.9 Å². The Morgan fingerprint density at radius 1 is 0.821 bits per heavy atom. The molecule has 142 valence electrons. The fourth-order valence-electron chi connectivity index (χ4n) is 2.89. The number of aryl methyl sites for hydroxylation is 1. The van der Waals surface area contributed by atoms with Gasteiger partial charge in [-0.1, -0.05) is 54.1 Å². The molecule has 0 radical (unpaired) electrons. The number of rotatable bonds is 6. The molecule has 0 heterocycles. The third-order valence-electron chi connectivity index (χ3n) is 4.24. The Bertz CT molecular complexity index is 970. The van der Waals surface area contributed by atoms with Crippen LogP contribution in [0.1, 0.15) is 27.6 Å². The minimum atomic E-state index is -0.716. The van der Waals surface area contributed by atoms with Crippen molar-refractivity contribution in [1.82, 2.24) is 0 Å². The summed E-state index contributed by atoms with van der Waals surface area (Å²) in [6, 6.07) is 23.7. The molecule has 3 rings (SSSR count). The summed E-state index contributed by atoms with van der Waals surface area (Å²) in [7, 11) is 1.50. The average Bonchev–Trinajstić information content (AvgIpc) is 2.69. The summed E-state index contributed by atoms with van der Waals surface area (Å²) in [4.78, 5) is 25.0.